The maximum atomic E-state index is 11.4. The zero-order chi connectivity index (χ0) is 12.7. The fourth-order valence-electron chi connectivity index (χ4n) is 1.84. The van der Waals surface area contributed by atoms with Crippen LogP contribution >= 0.6 is 0 Å². The van der Waals surface area contributed by atoms with Crippen LogP contribution in [0.25, 0.3) is 11.0 Å². The minimum absolute atomic E-state index is 0.0348. The van der Waals surface area contributed by atoms with Gasteiger partial charge in [-0.25, -0.2) is 4.79 Å². The Morgan fingerprint density at radius 1 is 1.29 bits per heavy atom. The average molecular weight is 234 g/mol. The third-order valence-electron chi connectivity index (χ3n) is 2.63. The van der Waals surface area contributed by atoms with E-state index in [9.17, 15) is 14.7 Å². The molecule has 2 aromatic rings. The van der Waals surface area contributed by atoms with Crippen molar-refractivity contribution < 1.29 is 24.2 Å². The van der Waals surface area contributed by atoms with Crippen molar-refractivity contribution in [3.05, 3.63) is 29.0 Å². The van der Waals surface area contributed by atoms with Gasteiger partial charge >= 0.3 is 5.97 Å². The van der Waals surface area contributed by atoms with Crippen LogP contribution in [-0.2, 0) is 0 Å². The van der Waals surface area contributed by atoms with E-state index in [1.807, 2.05) is 0 Å². The molecule has 0 aliphatic rings. The zero-order valence-corrected chi connectivity index (χ0v) is 9.27. The van der Waals surface area contributed by atoms with Gasteiger partial charge in [-0.15, -0.1) is 0 Å². The van der Waals surface area contributed by atoms with Gasteiger partial charge in [-0.3, -0.25) is 4.79 Å². The fourth-order valence-corrected chi connectivity index (χ4v) is 1.84. The van der Waals surface area contributed by atoms with E-state index in [4.69, 9.17) is 9.52 Å². The number of aromatic carboxylic acids is 1. The number of carboxylic acid groups (broad SMARTS) is 1. The Bertz CT molecular complexity index is 636. The third-order valence-corrected chi connectivity index (χ3v) is 2.63. The van der Waals surface area contributed by atoms with Crippen LogP contribution in [0.2, 0.25) is 0 Å². The number of furan rings is 1. The number of ketones is 1. The molecule has 0 radical (unpaired) electrons. The fraction of sp³-hybridized carbons (Fsp3) is 0.167. The summed E-state index contributed by atoms with van der Waals surface area (Å²) in [5.74, 6) is -1.88. The third kappa shape index (κ3) is 1.56. The van der Waals surface area contributed by atoms with Crippen molar-refractivity contribution in [2.24, 2.45) is 0 Å². The number of phenolic OH excluding ortho intramolecular Hbond substituents is 1. The number of aryl methyl sites for hydroxylation is 1. The maximum absolute atomic E-state index is 11.4. The van der Waals surface area contributed by atoms with Crippen LogP contribution in [0.4, 0.5) is 0 Å². The highest BCUT2D eigenvalue weighted by atomic mass is 16.4. The number of benzene rings is 1. The minimum Gasteiger partial charge on any atom is -0.504 e. The van der Waals surface area contributed by atoms with Crippen LogP contribution in [0.15, 0.2) is 16.5 Å². The van der Waals surface area contributed by atoms with Crippen molar-refractivity contribution in [2.75, 3.05) is 0 Å². The van der Waals surface area contributed by atoms with Gasteiger partial charge < -0.3 is 14.6 Å². The topological polar surface area (TPSA) is 87.7 Å². The number of carboxylic acids is 1. The minimum atomic E-state index is -1.23. The van der Waals surface area contributed by atoms with Crippen LogP contribution in [-0.4, -0.2) is 22.0 Å². The van der Waals surface area contributed by atoms with Crippen molar-refractivity contribution in [3.63, 3.8) is 0 Å². The molecule has 0 spiro atoms. The Labute approximate surface area is 96.3 Å². The van der Waals surface area contributed by atoms with E-state index in [0.29, 0.717) is 16.5 Å². The lowest BCUT2D eigenvalue weighted by Crippen LogP contribution is -1.97. The van der Waals surface area contributed by atoms with Crippen molar-refractivity contribution in [1.82, 2.24) is 0 Å². The molecule has 0 bridgehead atoms. The van der Waals surface area contributed by atoms with Gasteiger partial charge in [-0.1, -0.05) is 0 Å². The van der Waals surface area contributed by atoms with Gasteiger partial charge in [0.2, 0.25) is 5.76 Å². The summed E-state index contributed by atoms with van der Waals surface area (Å²) in [6.45, 7) is 2.92. The van der Waals surface area contributed by atoms with Crippen LogP contribution < -0.4 is 0 Å². The second kappa shape index (κ2) is 3.62. The van der Waals surface area contributed by atoms with Crippen molar-refractivity contribution in [2.45, 2.75) is 13.8 Å². The molecule has 2 N–H and O–H groups in total. The number of carbonyl (C=O) groups is 2. The first-order valence-corrected chi connectivity index (χ1v) is 4.92. The summed E-state index contributed by atoms with van der Waals surface area (Å²) in [5.41, 5.74) is 0.716. The average Bonchev–Trinajstić information content (AvgIpc) is 2.58. The lowest BCUT2D eigenvalue weighted by molar-refractivity contribution is 0.0663. The summed E-state index contributed by atoms with van der Waals surface area (Å²) < 4.78 is 5.08. The smallest absolute Gasteiger partial charge is 0.372 e. The van der Waals surface area contributed by atoms with Gasteiger partial charge in [0.1, 0.15) is 0 Å². The van der Waals surface area contributed by atoms with Crippen molar-refractivity contribution in [3.8, 4) is 5.75 Å². The highest BCUT2D eigenvalue weighted by Gasteiger charge is 2.22. The lowest BCUT2D eigenvalue weighted by atomic mass is 10.0. The summed E-state index contributed by atoms with van der Waals surface area (Å²) in [7, 11) is 0. The molecule has 88 valence electrons. The van der Waals surface area contributed by atoms with E-state index >= 15 is 0 Å². The molecule has 17 heavy (non-hydrogen) atoms. The molecule has 5 nitrogen and oxygen atoms in total. The Kier molecular flexibility index (Phi) is 2.38. The number of phenols is 1. The van der Waals surface area contributed by atoms with E-state index in [-0.39, 0.29) is 22.9 Å². The number of fused-ring (bicyclic) bond motifs is 1. The summed E-state index contributed by atoms with van der Waals surface area (Å²) in [6.07, 6.45) is 0. The quantitative estimate of drug-likeness (QED) is 0.778. The molecule has 0 amide bonds. The number of aromatic hydroxyl groups is 1. The van der Waals surface area contributed by atoms with E-state index < -0.39 is 5.97 Å². The molecule has 5 heteroatoms. The second-order valence-electron chi connectivity index (χ2n) is 3.75. The normalized spacial score (nSPS) is 10.7. The van der Waals surface area contributed by atoms with E-state index in [1.165, 1.54) is 19.1 Å². The highest BCUT2D eigenvalue weighted by Crippen LogP contribution is 2.34. The van der Waals surface area contributed by atoms with Gasteiger partial charge in [0.25, 0.3) is 0 Å². The molecule has 0 aliphatic carbocycles. The Morgan fingerprint density at radius 2 is 1.94 bits per heavy atom. The molecule has 0 aliphatic heterocycles. The van der Waals surface area contributed by atoms with Gasteiger partial charge in [0, 0.05) is 16.5 Å². The summed E-state index contributed by atoms with van der Waals surface area (Å²) in [5, 5.41) is 18.9. The standard InChI is InChI=1S/C12H10O5/c1-5-9-7(6(2)13)3-4-8(14)11(9)17-10(5)12(15)16/h3-4,14H,1-2H3,(H,15,16). The first-order valence-electron chi connectivity index (χ1n) is 4.92. The number of Topliss-reactive ketones (excluding diaryl/α,β-unsaturated/α-hetero) is 1. The van der Waals surface area contributed by atoms with Crippen LogP contribution in [0.3, 0.4) is 0 Å². The predicted molar refractivity (Wildman–Crippen MR) is 59.6 cm³/mol. The monoisotopic (exact) mass is 234 g/mol. The van der Waals surface area contributed by atoms with Crippen LogP contribution in [0.1, 0.15) is 33.4 Å². The van der Waals surface area contributed by atoms with Crippen molar-refractivity contribution in [1.29, 1.82) is 0 Å². The molecular formula is C12H10O5. The number of hydrogen-bond donors (Lipinski definition) is 2. The van der Waals surface area contributed by atoms with Crippen LogP contribution in [0, 0.1) is 6.92 Å². The molecule has 0 saturated carbocycles. The first-order chi connectivity index (χ1) is 7.93. The maximum Gasteiger partial charge on any atom is 0.372 e. The SMILES string of the molecule is CC(=O)c1ccc(O)c2oc(C(=O)O)c(C)c12. The number of hydrogen-bond acceptors (Lipinski definition) is 4. The van der Waals surface area contributed by atoms with Gasteiger partial charge in [0.15, 0.2) is 17.1 Å². The van der Waals surface area contributed by atoms with Crippen molar-refractivity contribution >= 4 is 22.7 Å². The van der Waals surface area contributed by atoms with Gasteiger partial charge in [0.05, 0.1) is 0 Å². The summed E-state index contributed by atoms with van der Waals surface area (Å²) >= 11 is 0. The predicted octanol–water partition coefficient (Wildman–Crippen LogP) is 2.35. The Morgan fingerprint density at radius 3 is 2.47 bits per heavy atom. The van der Waals surface area contributed by atoms with Gasteiger partial charge in [-0.05, 0) is 26.0 Å². The largest absolute Gasteiger partial charge is 0.504 e. The molecule has 1 aromatic heterocycles. The molecule has 1 aromatic carbocycles. The first kappa shape index (κ1) is 11.2. The lowest BCUT2D eigenvalue weighted by Gasteiger charge is -2.00. The second-order valence-corrected chi connectivity index (χ2v) is 3.75. The number of carbonyl (C=O) groups excluding carboxylic acids is 1. The van der Waals surface area contributed by atoms with E-state index in [1.54, 1.807) is 6.92 Å². The Balaban J connectivity index is 2.94. The molecule has 0 fully saturated rings. The van der Waals surface area contributed by atoms with Gasteiger partial charge in [-0.2, -0.15) is 0 Å². The highest BCUT2D eigenvalue weighted by molar-refractivity contribution is 6.10. The van der Waals surface area contributed by atoms with E-state index in [2.05, 4.69) is 0 Å². The molecular weight excluding hydrogens is 224 g/mol. The molecule has 0 unspecified atom stereocenters. The molecule has 0 atom stereocenters. The zero-order valence-electron chi connectivity index (χ0n) is 9.27. The van der Waals surface area contributed by atoms with E-state index in [0.717, 1.165) is 0 Å². The van der Waals surface area contributed by atoms with Crippen LogP contribution in [0.5, 0.6) is 5.75 Å². The Hall–Kier alpha value is -2.30. The summed E-state index contributed by atoms with van der Waals surface area (Å²) in [6, 6.07) is 2.77. The summed E-state index contributed by atoms with van der Waals surface area (Å²) in [4.78, 5) is 22.4. The number of rotatable bonds is 2. The molecule has 2 rings (SSSR count). The molecule has 0 saturated heterocycles. The molecule has 1 heterocycles.